The lowest BCUT2D eigenvalue weighted by molar-refractivity contribution is -0.127. The van der Waals surface area contributed by atoms with Gasteiger partial charge in [-0.3, -0.25) is 15.0 Å². The Hall–Kier alpha value is -2.48. The maximum Gasteiger partial charge on any atom is 0.241 e. The summed E-state index contributed by atoms with van der Waals surface area (Å²) in [4.78, 5) is 23.0. The van der Waals surface area contributed by atoms with Crippen molar-refractivity contribution in [2.75, 3.05) is 5.32 Å². The second-order valence-corrected chi connectivity index (χ2v) is 3.42. The van der Waals surface area contributed by atoms with Gasteiger partial charge in [-0.15, -0.1) is 0 Å². The number of amides is 1. The highest BCUT2D eigenvalue weighted by Crippen LogP contribution is 2.09. The Morgan fingerprint density at radius 1 is 1.35 bits per heavy atom. The van der Waals surface area contributed by atoms with Crippen LogP contribution in [0.1, 0.15) is 6.92 Å². The molecule has 86 valence electrons. The van der Waals surface area contributed by atoms with Crippen molar-refractivity contribution in [1.82, 2.24) is 0 Å². The first-order chi connectivity index (χ1) is 8.06. The van der Waals surface area contributed by atoms with Crippen molar-refractivity contribution >= 4 is 23.1 Å². The van der Waals surface area contributed by atoms with Crippen molar-refractivity contribution in [2.24, 2.45) is 5.92 Å². The minimum atomic E-state index is -1.33. The number of hydrogen-bond donors (Lipinski definition) is 2. The first kappa shape index (κ1) is 12.6. The number of benzene rings is 1. The molecular formula is C12H11N3O2. The summed E-state index contributed by atoms with van der Waals surface area (Å²) in [5.74, 6) is -2.51. The summed E-state index contributed by atoms with van der Waals surface area (Å²) in [5, 5.41) is 18.3. The lowest BCUT2D eigenvalue weighted by atomic mass is 9.99. The van der Waals surface area contributed by atoms with E-state index in [1.807, 2.05) is 0 Å². The van der Waals surface area contributed by atoms with Crippen molar-refractivity contribution in [3.63, 3.8) is 0 Å². The van der Waals surface area contributed by atoms with Gasteiger partial charge in [0, 0.05) is 5.69 Å². The summed E-state index contributed by atoms with van der Waals surface area (Å²) < 4.78 is 0. The number of carbonyl (C=O) groups is 2. The van der Waals surface area contributed by atoms with Crippen LogP contribution in [-0.2, 0) is 9.59 Å². The van der Waals surface area contributed by atoms with E-state index in [0.29, 0.717) is 5.69 Å². The van der Waals surface area contributed by atoms with E-state index in [1.54, 1.807) is 30.3 Å². The first-order valence-corrected chi connectivity index (χ1v) is 4.91. The van der Waals surface area contributed by atoms with Crippen LogP contribution in [0.5, 0.6) is 0 Å². The topological polar surface area (TPSA) is 93.8 Å². The van der Waals surface area contributed by atoms with E-state index < -0.39 is 23.3 Å². The minimum absolute atomic E-state index is 0.523. The largest absolute Gasteiger partial charge is 0.325 e. The van der Waals surface area contributed by atoms with Gasteiger partial charge in [0.2, 0.25) is 5.91 Å². The molecule has 1 rings (SSSR count). The molecule has 0 saturated carbocycles. The van der Waals surface area contributed by atoms with E-state index in [-0.39, 0.29) is 0 Å². The molecule has 5 heteroatoms. The lowest BCUT2D eigenvalue weighted by Crippen LogP contribution is -2.33. The van der Waals surface area contributed by atoms with Crippen molar-refractivity contribution in [1.29, 1.82) is 10.7 Å². The van der Waals surface area contributed by atoms with Crippen LogP contribution < -0.4 is 5.32 Å². The fourth-order valence-electron chi connectivity index (χ4n) is 1.32. The average molecular weight is 229 g/mol. The number of nitriles is 1. The lowest BCUT2D eigenvalue weighted by Gasteiger charge is -2.11. The van der Waals surface area contributed by atoms with Crippen LogP contribution in [0.15, 0.2) is 30.3 Å². The molecule has 0 heterocycles. The second-order valence-electron chi connectivity index (χ2n) is 3.42. The predicted octanol–water partition coefficient (Wildman–Crippen LogP) is 1.37. The summed E-state index contributed by atoms with van der Waals surface area (Å²) in [6, 6.07) is 10.1. The van der Waals surface area contributed by atoms with Crippen LogP contribution >= 0.6 is 0 Å². The Morgan fingerprint density at radius 3 is 2.41 bits per heavy atom. The highest BCUT2D eigenvalue weighted by Gasteiger charge is 2.28. The third-order valence-electron chi connectivity index (χ3n) is 2.12. The molecule has 0 fully saturated rings. The van der Waals surface area contributed by atoms with Gasteiger partial charge >= 0.3 is 0 Å². The normalized spacial score (nSPS) is 11.1. The smallest absolute Gasteiger partial charge is 0.241 e. The highest BCUT2D eigenvalue weighted by atomic mass is 16.2. The molecule has 17 heavy (non-hydrogen) atoms. The quantitative estimate of drug-likeness (QED) is 0.603. The van der Waals surface area contributed by atoms with Crippen molar-refractivity contribution in [3.05, 3.63) is 30.3 Å². The molecule has 1 aromatic carbocycles. The number of Topliss-reactive ketones (excluding diaryl/α,β-unsaturated/α-hetero) is 1. The van der Waals surface area contributed by atoms with Crippen LogP contribution in [0.3, 0.4) is 0 Å². The second kappa shape index (κ2) is 5.56. The van der Waals surface area contributed by atoms with Gasteiger partial charge in [0.25, 0.3) is 0 Å². The van der Waals surface area contributed by atoms with E-state index in [2.05, 4.69) is 5.32 Å². The molecule has 0 aliphatic rings. The molecule has 1 aromatic rings. The van der Waals surface area contributed by atoms with E-state index in [4.69, 9.17) is 10.7 Å². The fraction of sp³-hybridized carbons (Fsp3) is 0.167. The Kier molecular flexibility index (Phi) is 4.12. The first-order valence-electron chi connectivity index (χ1n) is 4.91. The number of nitrogens with zero attached hydrogens (tertiary/aromatic N) is 1. The van der Waals surface area contributed by atoms with Crippen molar-refractivity contribution in [3.8, 4) is 6.07 Å². The van der Waals surface area contributed by atoms with Gasteiger partial charge in [-0.25, -0.2) is 0 Å². The van der Waals surface area contributed by atoms with Gasteiger partial charge < -0.3 is 5.32 Å². The Balaban J connectivity index is 2.85. The summed E-state index contributed by atoms with van der Waals surface area (Å²) in [6.45, 7) is 1.18. The van der Waals surface area contributed by atoms with E-state index >= 15 is 0 Å². The van der Waals surface area contributed by atoms with Gasteiger partial charge in [0.1, 0.15) is 23.5 Å². The van der Waals surface area contributed by atoms with Gasteiger partial charge in [0.15, 0.2) is 0 Å². The molecule has 1 atom stereocenters. The summed E-state index contributed by atoms with van der Waals surface area (Å²) in [6.07, 6.45) is 0. The molecule has 0 aliphatic carbocycles. The number of carbonyl (C=O) groups excluding carboxylic acids is 2. The van der Waals surface area contributed by atoms with Crippen LogP contribution in [0.4, 0.5) is 5.69 Å². The highest BCUT2D eigenvalue weighted by molar-refractivity contribution is 6.26. The zero-order valence-electron chi connectivity index (χ0n) is 9.23. The van der Waals surface area contributed by atoms with Crippen molar-refractivity contribution in [2.45, 2.75) is 6.92 Å². The minimum Gasteiger partial charge on any atom is -0.325 e. The SMILES string of the molecule is CC(=O)[C@@H](C(=N)C#N)C(=O)Nc1ccccc1. The number of rotatable bonds is 4. The molecule has 2 N–H and O–H groups in total. The zero-order valence-corrected chi connectivity index (χ0v) is 9.23. The number of anilines is 1. The molecule has 0 aromatic heterocycles. The van der Waals surface area contributed by atoms with Crippen LogP contribution in [0.2, 0.25) is 0 Å². The maximum absolute atomic E-state index is 11.7. The molecule has 0 spiro atoms. The molecule has 0 saturated heterocycles. The maximum atomic E-state index is 11.7. The third kappa shape index (κ3) is 3.24. The van der Waals surface area contributed by atoms with Crippen LogP contribution in [0, 0.1) is 22.7 Å². The summed E-state index contributed by atoms with van der Waals surface area (Å²) in [7, 11) is 0. The molecular weight excluding hydrogens is 218 g/mol. The fourth-order valence-corrected chi connectivity index (χ4v) is 1.32. The number of nitrogens with one attached hydrogen (secondary N) is 2. The number of para-hydroxylation sites is 1. The van der Waals surface area contributed by atoms with Gasteiger partial charge in [0.05, 0.1) is 0 Å². The van der Waals surface area contributed by atoms with Gasteiger partial charge in [-0.1, -0.05) is 18.2 Å². The van der Waals surface area contributed by atoms with E-state index in [9.17, 15) is 9.59 Å². The van der Waals surface area contributed by atoms with Gasteiger partial charge in [-0.2, -0.15) is 5.26 Å². The standard InChI is InChI=1S/C12H11N3O2/c1-8(16)11(10(14)7-13)12(17)15-9-5-3-2-4-6-9/h2-6,11,14H,1H3,(H,15,17)/t11-/m0/s1. The summed E-state index contributed by atoms with van der Waals surface area (Å²) in [5.41, 5.74) is -0.0274. The third-order valence-corrected chi connectivity index (χ3v) is 2.12. The average Bonchev–Trinajstić information content (AvgIpc) is 2.29. The molecule has 5 nitrogen and oxygen atoms in total. The Labute approximate surface area is 98.6 Å². The molecule has 0 aliphatic heterocycles. The molecule has 0 bridgehead atoms. The number of ketones is 1. The zero-order chi connectivity index (χ0) is 12.8. The van der Waals surface area contributed by atoms with Gasteiger partial charge in [-0.05, 0) is 19.1 Å². The summed E-state index contributed by atoms with van der Waals surface area (Å²) >= 11 is 0. The number of hydrogen-bond acceptors (Lipinski definition) is 4. The molecule has 1 amide bonds. The van der Waals surface area contributed by atoms with E-state index in [1.165, 1.54) is 13.0 Å². The van der Waals surface area contributed by atoms with E-state index in [0.717, 1.165) is 0 Å². The van der Waals surface area contributed by atoms with Crippen molar-refractivity contribution < 1.29 is 9.59 Å². The predicted molar refractivity (Wildman–Crippen MR) is 62.6 cm³/mol. The Bertz CT molecular complexity index is 488. The molecule has 0 radical (unpaired) electrons. The van der Waals surface area contributed by atoms with Crippen LogP contribution in [-0.4, -0.2) is 17.4 Å². The molecule has 0 unspecified atom stereocenters. The Morgan fingerprint density at radius 2 is 1.94 bits per heavy atom. The monoisotopic (exact) mass is 229 g/mol. The van der Waals surface area contributed by atoms with Crippen LogP contribution in [0.25, 0.3) is 0 Å².